The summed E-state index contributed by atoms with van der Waals surface area (Å²) in [4.78, 5) is 32.8. The van der Waals surface area contributed by atoms with Crippen LogP contribution in [-0.4, -0.2) is 35.1 Å². The minimum atomic E-state index is -0.811. The third kappa shape index (κ3) is 8.01. The third-order valence-electron chi connectivity index (χ3n) is 2.85. The summed E-state index contributed by atoms with van der Waals surface area (Å²) >= 11 is 0. The fourth-order valence-electron chi connectivity index (χ4n) is 1.46. The molecule has 0 aromatic heterocycles. The minimum absolute atomic E-state index is 0.0962. The smallest absolute Gasteiger partial charge is 0.315 e. The topological polar surface area (TPSA) is 122 Å². The SMILES string of the molecule is CC(CCCC(C)C(=O)O)NC(=O)NC(C)C(N)=O. The van der Waals surface area contributed by atoms with Gasteiger partial charge in [0.05, 0.1) is 5.92 Å². The van der Waals surface area contributed by atoms with E-state index in [1.165, 1.54) is 6.92 Å². The van der Waals surface area contributed by atoms with Gasteiger partial charge >= 0.3 is 12.0 Å². The number of hydrogen-bond acceptors (Lipinski definition) is 3. The summed E-state index contributed by atoms with van der Waals surface area (Å²) in [5.41, 5.74) is 5.02. The molecule has 0 fully saturated rings. The Balaban J connectivity index is 3.85. The van der Waals surface area contributed by atoms with E-state index in [-0.39, 0.29) is 12.0 Å². The zero-order chi connectivity index (χ0) is 15.0. The number of carboxylic acids is 1. The second-order valence-corrected chi connectivity index (χ2v) is 4.81. The maximum Gasteiger partial charge on any atom is 0.315 e. The molecule has 0 aromatic rings. The summed E-state index contributed by atoms with van der Waals surface area (Å²) in [6.07, 6.45) is 1.96. The average molecular weight is 273 g/mol. The van der Waals surface area contributed by atoms with E-state index in [0.29, 0.717) is 19.3 Å². The summed E-state index contributed by atoms with van der Waals surface area (Å²) in [5.74, 6) is -1.79. The molecule has 0 aliphatic carbocycles. The van der Waals surface area contributed by atoms with E-state index in [4.69, 9.17) is 10.8 Å². The van der Waals surface area contributed by atoms with E-state index in [1.807, 2.05) is 6.92 Å². The van der Waals surface area contributed by atoms with Crippen molar-refractivity contribution in [2.45, 2.75) is 52.1 Å². The number of hydrogen-bond donors (Lipinski definition) is 4. The van der Waals surface area contributed by atoms with Gasteiger partial charge in [0.2, 0.25) is 5.91 Å². The number of carbonyl (C=O) groups excluding carboxylic acids is 2. The zero-order valence-electron chi connectivity index (χ0n) is 11.6. The van der Waals surface area contributed by atoms with Crippen molar-refractivity contribution in [3.8, 4) is 0 Å². The Bertz CT molecular complexity index is 333. The van der Waals surface area contributed by atoms with Crippen molar-refractivity contribution < 1.29 is 19.5 Å². The van der Waals surface area contributed by atoms with Gasteiger partial charge in [0.25, 0.3) is 0 Å². The molecule has 7 heteroatoms. The molecular formula is C12H23N3O4. The predicted molar refractivity (Wildman–Crippen MR) is 70.4 cm³/mol. The number of nitrogens with one attached hydrogen (secondary N) is 2. The summed E-state index contributed by atoms with van der Waals surface area (Å²) in [6, 6.07) is -1.27. The van der Waals surface area contributed by atoms with Gasteiger partial charge in [-0.2, -0.15) is 0 Å². The molecule has 0 aliphatic rings. The second-order valence-electron chi connectivity index (χ2n) is 4.81. The molecule has 3 unspecified atom stereocenters. The lowest BCUT2D eigenvalue weighted by Gasteiger charge is -2.17. The van der Waals surface area contributed by atoms with Crippen molar-refractivity contribution >= 4 is 17.9 Å². The van der Waals surface area contributed by atoms with Gasteiger partial charge in [-0.05, 0) is 26.7 Å². The molecule has 0 spiro atoms. The normalized spacial score (nSPS) is 15.1. The van der Waals surface area contributed by atoms with Crippen LogP contribution in [0.25, 0.3) is 0 Å². The van der Waals surface area contributed by atoms with Crippen LogP contribution in [0.2, 0.25) is 0 Å². The quantitative estimate of drug-likeness (QED) is 0.512. The lowest BCUT2D eigenvalue weighted by Crippen LogP contribution is -2.48. The Labute approximate surface area is 112 Å². The molecule has 3 amide bonds. The van der Waals surface area contributed by atoms with Gasteiger partial charge in [-0.15, -0.1) is 0 Å². The van der Waals surface area contributed by atoms with Crippen molar-refractivity contribution in [3.05, 3.63) is 0 Å². The van der Waals surface area contributed by atoms with E-state index < -0.39 is 23.9 Å². The second kappa shape index (κ2) is 8.34. The first-order chi connectivity index (χ1) is 8.73. The first-order valence-corrected chi connectivity index (χ1v) is 6.33. The summed E-state index contributed by atoms with van der Waals surface area (Å²) in [7, 11) is 0. The monoisotopic (exact) mass is 273 g/mol. The number of aliphatic carboxylic acids is 1. The van der Waals surface area contributed by atoms with Gasteiger partial charge in [-0.25, -0.2) is 4.79 Å². The number of carbonyl (C=O) groups is 3. The lowest BCUT2D eigenvalue weighted by molar-refractivity contribution is -0.141. The van der Waals surface area contributed by atoms with Crippen LogP contribution in [0.4, 0.5) is 4.79 Å². The van der Waals surface area contributed by atoms with Gasteiger partial charge < -0.3 is 21.5 Å². The highest BCUT2D eigenvalue weighted by atomic mass is 16.4. The van der Waals surface area contributed by atoms with E-state index in [2.05, 4.69) is 10.6 Å². The molecule has 0 saturated heterocycles. The van der Waals surface area contributed by atoms with Crippen LogP contribution in [0.5, 0.6) is 0 Å². The highest BCUT2D eigenvalue weighted by Gasteiger charge is 2.15. The van der Waals surface area contributed by atoms with Gasteiger partial charge in [0, 0.05) is 6.04 Å². The number of amides is 3. The minimum Gasteiger partial charge on any atom is -0.481 e. The third-order valence-corrected chi connectivity index (χ3v) is 2.85. The largest absolute Gasteiger partial charge is 0.481 e. The Kier molecular flexibility index (Phi) is 7.55. The Morgan fingerprint density at radius 1 is 1.11 bits per heavy atom. The Morgan fingerprint density at radius 3 is 2.16 bits per heavy atom. The lowest BCUT2D eigenvalue weighted by atomic mass is 10.0. The Morgan fingerprint density at radius 2 is 1.68 bits per heavy atom. The molecule has 7 nitrogen and oxygen atoms in total. The molecule has 0 aromatic carbocycles. The first-order valence-electron chi connectivity index (χ1n) is 6.33. The number of rotatable bonds is 8. The molecule has 0 bridgehead atoms. The van der Waals surface area contributed by atoms with Gasteiger partial charge in [-0.3, -0.25) is 9.59 Å². The van der Waals surface area contributed by atoms with Crippen LogP contribution in [0.15, 0.2) is 0 Å². The van der Waals surface area contributed by atoms with Crippen molar-refractivity contribution in [3.63, 3.8) is 0 Å². The van der Waals surface area contributed by atoms with Crippen LogP contribution in [-0.2, 0) is 9.59 Å². The molecule has 0 saturated carbocycles. The molecule has 5 N–H and O–H groups in total. The van der Waals surface area contributed by atoms with E-state index >= 15 is 0 Å². The fourth-order valence-corrected chi connectivity index (χ4v) is 1.46. The molecule has 0 radical (unpaired) electrons. The predicted octanol–water partition coefficient (Wildman–Crippen LogP) is 0.439. The van der Waals surface area contributed by atoms with E-state index in [0.717, 1.165) is 0 Å². The molecule has 0 aliphatic heterocycles. The molecular weight excluding hydrogens is 250 g/mol. The maximum absolute atomic E-state index is 11.4. The zero-order valence-corrected chi connectivity index (χ0v) is 11.6. The van der Waals surface area contributed by atoms with Gasteiger partial charge in [0.15, 0.2) is 0 Å². The number of primary amides is 1. The average Bonchev–Trinajstić information content (AvgIpc) is 2.27. The van der Waals surface area contributed by atoms with E-state index in [1.54, 1.807) is 6.92 Å². The van der Waals surface area contributed by atoms with Gasteiger partial charge in [-0.1, -0.05) is 13.3 Å². The first kappa shape index (κ1) is 17.2. The maximum atomic E-state index is 11.4. The number of nitrogens with two attached hydrogens (primary N) is 1. The van der Waals surface area contributed by atoms with Gasteiger partial charge in [0.1, 0.15) is 6.04 Å². The summed E-state index contributed by atoms with van der Waals surface area (Å²) < 4.78 is 0. The van der Waals surface area contributed by atoms with Crippen molar-refractivity contribution in [2.24, 2.45) is 11.7 Å². The molecule has 0 heterocycles. The van der Waals surface area contributed by atoms with Crippen LogP contribution < -0.4 is 16.4 Å². The van der Waals surface area contributed by atoms with Crippen molar-refractivity contribution in [1.82, 2.24) is 10.6 Å². The standard InChI is InChI=1S/C12H23N3O4/c1-7(11(17)18)5-4-6-8(2)14-12(19)15-9(3)10(13)16/h7-9H,4-6H2,1-3H3,(H2,13,16)(H,17,18)(H2,14,15,19). The molecule has 0 rings (SSSR count). The van der Waals surface area contributed by atoms with Crippen LogP contribution in [0, 0.1) is 5.92 Å². The molecule has 3 atom stereocenters. The van der Waals surface area contributed by atoms with Crippen LogP contribution in [0.3, 0.4) is 0 Å². The van der Waals surface area contributed by atoms with Crippen molar-refractivity contribution in [2.75, 3.05) is 0 Å². The van der Waals surface area contributed by atoms with E-state index in [9.17, 15) is 14.4 Å². The highest BCUT2D eigenvalue weighted by Crippen LogP contribution is 2.09. The molecule has 19 heavy (non-hydrogen) atoms. The van der Waals surface area contributed by atoms with Crippen molar-refractivity contribution in [1.29, 1.82) is 0 Å². The highest BCUT2D eigenvalue weighted by molar-refractivity contribution is 5.85. The van der Waals surface area contributed by atoms with Crippen LogP contribution >= 0.6 is 0 Å². The Hall–Kier alpha value is -1.79. The molecule has 110 valence electrons. The number of carboxylic acid groups (broad SMARTS) is 1. The number of urea groups is 1. The summed E-state index contributed by atoms with van der Waals surface area (Å²) in [6.45, 7) is 4.97. The van der Waals surface area contributed by atoms with Crippen LogP contribution in [0.1, 0.15) is 40.0 Å². The fraction of sp³-hybridized carbons (Fsp3) is 0.750. The summed E-state index contributed by atoms with van der Waals surface area (Å²) in [5, 5.41) is 13.8.